The summed E-state index contributed by atoms with van der Waals surface area (Å²) < 4.78 is 10.8. The Kier molecular flexibility index (Phi) is 13.9. The Morgan fingerprint density at radius 1 is 1.14 bits per heavy atom. The van der Waals surface area contributed by atoms with Gasteiger partial charge in [-0.1, -0.05) is 12.1 Å². The van der Waals surface area contributed by atoms with Crippen LogP contribution in [0.3, 0.4) is 0 Å². The number of carbonyl (C=O) groups is 1. The molecule has 2 aromatic rings. The maximum Gasteiger partial charge on any atom is 0.407 e. The van der Waals surface area contributed by atoms with Crippen LogP contribution >= 0.6 is 0 Å². The SMILES string of the molecule is Cc1cc(C)cc(N(CCNC(=O)OC(C)(C)C)Cc2ccc(NC=NCCCN3CCOCC3)c(NCC(=N)CO)c2)c1. The zero-order valence-electron chi connectivity index (χ0n) is 27.0. The highest BCUT2D eigenvalue weighted by atomic mass is 16.6. The predicted octanol–water partition coefficient (Wildman–Crippen LogP) is 4.42. The van der Waals surface area contributed by atoms with Gasteiger partial charge in [-0.2, -0.15) is 0 Å². The number of alkyl carbamates (subject to hydrolysis) is 1. The van der Waals surface area contributed by atoms with Gasteiger partial charge in [0.15, 0.2) is 0 Å². The van der Waals surface area contributed by atoms with Crippen molar-refractivity contribution in [3.05, 3.63) is 53.1 Å². The highest BCUT2D eigenvalue weighted by Crippen LogP contribution is 2.26. The first kappa shape index (κ1) is 34.8. The molecule has 0 spiro atoms. The van der Waals surface area contributed by atoms with Crippen LogP contribution in [0.15, 0.2) is 41.4 Å². The summed E-state index contributed by atoms with van der Waals surface area (Å²) in [5.41, 5.74) is 5.73. The van der Waals surface area contributed by atoms with Crippen molar-refractivity contribution >= 4 is 35.2 Å². The molecule has 1 heterocycles. The molecule has 0 saturated carbocycles. The van der Waals surface area contributed by atoms with Crippen LogP contribution in [0.1, 0.15) is 43.9 Å². The van der Waals surface area contributed by atoms with Crippen molar-refractivity contribution < 1.29 is 19.4 Å². The molecule has 1 amide bonds. The molecule has 0 unspecified atom stereocenters. The zero-order valence-corrected chi connectivity index (χ0v) is 27.0. The third kappa shape index (κ3) is 12.9. The summed E-state index contributed by atoms with van der Waals surface area (Å²) in [6, 6.07) is 12.5. The number of aliphatic hydroxyl groups excluding tert-OH is 1. The summed E-state index contributed by atoms with van der Waals surface area (Å²) in [6.45, 7) is 16.5. The molecule has 0 radical (unpaired) electrons. The molecule has 1 aliphatic heterocycles. The molecule has 5 N–H and O–H groups in total. The Labute approximate surface area is 262 Å². The average molecular weight is 610 g/mol. The number of aliphatic imine (C=N–C) groups is 1. The first-order valence-corrected chi connectivity index (χ1v) is 15.4. The fraction of sp³-hybridized carbons (Fsp3) is 0.545. The van der Waals surface area contributed by atoms with Gasteiger partial charge in [-0.3, -0.25) is 9.89 Å². The predicted molar refractivity (Wildman–Crippen MR) is 180 cm³/mol. The molecule has 44 heavy (non-hydrogen) atoms. The second kappa shape index (κ2) is 17.6. The number of anilines is 3. The molecule has 0 atom stereocenters. The molecule has 242 valence electrons. The van der Waals surface area contributed by atoms with E-state index in [1.807, 2.05) is 26.8 Å². The fourth-order valence-corrected chi connectivity index (χ4v) is 4.87. The Balaban J connectivity index is 1.70. The lowest BCUT2D eigenvalue weighted by molar-refractivity contribution is 0.0377. The minimum atomic E-state index is -0.559. The van der Waals surface area contributed by atoms with E-state index in [2.05, 4.69) is 74.9 Å². The van der Waals surface area contributed by atoms with E-state index in [0.29, 0.717) is 19.6 Å². The van der Waals surface area contributed by atoms with E-state index in [4.69, 9.17) is 14.9 Å². The first-order valence-electron chi connectivity index (χ1n) is 15.4. The Morgan fingerprint density at radius 2 is 1.86 bits per heavy atom. The van der Waals surface area contributed by atoms with Crippen LogP contribution in [0, 0.1) is 19.3 Å². The van der Waals surface area contributed by atoms with Gasteiger partial charge >= 0.3 is 6.09 Å². The molecule has 11 nitrogen and oxygen atoms in total. The number of hydrogen-bond acceptors (Lipinski definition) is 9. The topological polar surface area (TPSA) is 135 Å². The fourth-order valence-electron chi connectivity index (χ4n) is 4.87. The zero-order chi connectivity index (χ0) is 32.0. The average Bonchev–Trinajstić information content (AvgIpc) is 2.97. The van der Waals surface area contributed by atoms with E-state index in [9.17, 15) is 9.90 Å². The van der Waals surface area contributed by atoms with Crippen molar-refractivity contribution in [2.45, 2.75) is 53.2 Å². The Bertz CT molecular complexity index is 1220. The van der Waals surface area contributed by atoms with E-state index >= 15 is 0 Å². The van der Waals surface area contributed by atoms with Crippen LogP contribution < -0.4 is 20.9 Å². The number of hydrogen-bond donors (Lipinski definition) is 5. The summed E-state index contributed by atoms with van der Waals surface area (Å²) in [4.78, 5) is 21.5. The van der Waals surface area contributed by atoms with Crippen molar-refractivity contribution in [1.29, 1.82) is 5.41 Å². The molecular weight excluding hydrogens is 558 g/mol. The van der Waals surface area contributed by atoms with E-state index in [-0.39, 0.29) is 18.9 Å². The minimum absolute atomic E-state index is 0.197. The van der Waals surface area contributed by atoms with Gasteiger partial charge < -0.3 is 40.8 Å². The largest absolute Gasteiger partial charge is 0.444 e. The molecule has 11 heteroatoms. The summed E-state index contributed by atoms with van der Waals surface area (Å²) in [6.07, 6.45) is 2.27. The second-order valence-corrected chi connectivity index (χ2v) is 12.2. The minimum Gasteiger partial charge on any atom is -0.444 e. The lowest BCUT2D eigenvalue weighted by atomic mass is 10.1. The number of ether oxygens (including phenoxy) is 2. The highest BCUT2D eigenvalue weighted by Gasteiger charge is 2.17. The molecule has 3 rings (SSSR count). The number of aliphatic hydroxyl groups is 1. The van der Waals surface area contributed by atoms with Crippen molar-refractivity contribution in [2.24, 2.45) is 4.99 Å². The van der Waals surface area contributed by atoms with Crippen LogP contribution in [0.25, 0.3) is 0 Å². The highest BCUT2D eigenvalue weighted by molar-refractivity contribution is 5.89. The lowest BCUT2D eigenvalue weighted by Crippen LogP contribution is -2.38. The van der Waals surface area contributed by atoms with E-state index < -0.39 is 11.7 Å². The molecule has 1 aliphatic rings. The normalized spacial score (nSPS) is 14.0. The summed E-state index contributed by atoms with van der Waals surface area (Å²) >= 11 is 0. The maximum atomic E-state index is 12.3. The van der Waals surface area contributed by atoms with Crippen molar-refractivity contribution in [2.75, 3.05) is 81.2 Å². The van der Waals surface area contributed by atoms with E-state index in [1.165, 1.54) is 11.1 Å². The van der Waals surface area contributed by atoms with Gasteiger partial charge in [0.25, 0.3) is 0 Å². The molecule has 1 fully saturated rings. The lowest BCUT2D eigenvalue weighted by Gasteiger charge is -2.27. The third-order valence-electron chi connectivity index (χ3n) is 6.94. The molecule has 0 aromatic heterocycles. The number of morpholine rings is 1. The van der Waals surface area contributed by atoms with Crippen LogP contribution in [-0.4, -0.2) is 99.4 Å². The van der Waals surface area contributed by atoms with Crippen molar-refractivity contribution in [3.63, 3.8) is 0 Å². The first-order chi connectivity index (χ1) is 21.0. The number of nitrogens with zero attached hydrogens (tertiary/aromatic N) is 3. The van der Waals surface area contributed by atoms with Gasteiger partial charge in [0.05, 0.1) is 49.8 Å². The van der Waals surface area contributed by atoms with Crippen LogP contribution in [-0.2, 0) is 16.0 Å². The van der Waals surface area contributed by atoms with Gasteiger partial charge in [-0.25, -0.2) is 4.79 Å². The monoisotopic (exact) mass is 609 g/mol. The second-order valence-electron chi connectivity index (χ2n) is 12.2. The number of benzene rings is 2. The number of nitrogens with one attached hydrogen (secondary N) is 4. The smallest absolute Gasteiger partial charge is 0.407 e. The van der Waals surface area contributed by atoms with Gasteiger partial charge in [0.1, 0.15) is 5.60 Å². The number of carbonyl (C=O) groups excluding carboxylic acids is 1. The molecule has 0 aliphatic carbocycles. The van der Waals surface area contributed by atoms with Gasteiger partial charge in [0, 0.05) is 51.5 Å². The quantitative estimate of drug-likeness (QED) is 0.107. The number of rotatable bonds is 16. The van der Waals surface area contributed by atoms with Gasteiger partial charge in [-0.05, 0) is 82.0 Å². The van der Waals surface area contributed by atoms with E-state index in [1.54, 1.807) is 6.34 Å². The van der Waals surface area contributed by atoms with Crippen LogP contribution in [0.5, 0.6) is 0 Å². The van der Waals surface area contributed by atoms with Gasteiger partial charge in [-0.15, -0.1) is 0 Å². The van der Waals surface area contributed by atoms with Gasteiger partial charge in [0.2, 0.25) is 0 Å². The third-order valence-corrected chi connectivity index (χ3v) is 6.94. The molecule has 2 aromatic carbocycles. The van der Waals surface area contributed by atoms with Crippen molar-refractivity contribution in [1.82, 2.24) is 10.2 Å². The number of amides is 1. The summed E-state index contributed by atoms with van der Waals surface area (Å²) in [7, 11) is 0. The standard InChI is InChI=1S/C33H51N7O4/c1-25-17-26(2)19-29(18-25)40(12-10-36-32(42)44-33(3,4)5)22-27-7-8-30(31(20-27)37-21-28(34)23-41)38-24-35-9-6-11-39-13-15-43-16-14-39/h7-8,17-20,24,34,37,41H,6,9-16,21-23H2,1-5H3,(H,35,38)(H,36,42). The Hall–Kier alpha value is -3.67. The Morgan fingerprint density at radius 3 is 2.55 bits per heavy atom. The molecular formula is C33H51N7O4. The molecule has 1 saturated heterocycles. The van der Waals surface area contributed by atoms with Crippen molar-refractivity contribution in [3.8, 4) is 0 Å². The summed E-state index contributed by atoms with van der Waals surface area (Å²) in [5, 5.41) is 26.7. The maximum absolute atomic E-state index is 12.3. The van der Waals surface area contributed by atoms with E-state index in [0.717, 1.165) is 68.4 Å². The van der Waals surface area contributed by atoms with Crippen LogP contribution in [0.4, 0.5) is 21.9 Å². The van der Waals surface area contributed by atoms with Crippen LogP contribution in [0.2, 0.25) is 0 Å². The number of aryl methyl sites for hydroxylation is 2. The summed E-state index contributed by atoms with van der Waals surface area (Å²) in [5.74, 6) is 0. The molecule has 0 bridgehead atoms.